The molecule has 4 heteroatoms. The normalized spacial score (nSPS) is 10.5. The van der Waals surface area contributed by atoms with Gasteiger partial charge in [0.15, 0.2) is 0 Å². The van der Waals surface area contributed by atoms with E-state index in [9.17, 15) is 4.79 Å². The van der Waals surface area contributed by atoms with Crippen LogP contribution in [0.25, 0.3) is 0 Å². The Bertz CT molecular complexity index is 597. The first-order valence-electron chi connectivity index (χ1n) is 8.34. The number of hydrogen-bond acceptors (Lipinski definition) is 3. The van der Waals surface area contributed by atoms with Crippen molar-refractivity contribution in [3.63, 3.8) is 0 Å². The summed E-state index contributed by atoms with van der Waals surface area (Å²) in [5, 5.41) is 8.92. The highest BCUT2D eigenvalue weighted by Crippen LogP contribution is 2.13. The van der Waals surface area contributed by atoms with E-state index in [0.717, 1.165) is 24.2 Å². The topological polar surface area (TPSA) is 53.2 Å². The van der Waals surface area contributed by atoms with E-state index < -0.39 is 0 Å². The summed E-state index contributed by atoms with van der Waals surface area (Å²) < 4.78 is 0. The van der Waals surface area contributed by atoms with E-state index in [2.05, 4.69) is 53.6 Å². The van der Waals surface area contributed by atoms with Gasteiger partial charge in [0, 0.05) is 11.4 Å². The van der Waals surface area contributed by atoms with Crippen LogP contribution in [0.15, 0.2) is 48.7 Å². The van der Waals surface area contributed by atoms with Crippen LogP contribution in [0.3, 0.4) is 0 Å². The Morgan fingerprint density at radius 1 is 1.28 bits per heavy atom. The number of anilines is 1. The second-order valence-corrected chi connectivity index (χ2v) is 5.90. The third-order valence-corrected chi connectivity index (χ3v) is 3.42. The van der Waals surface area contributed by atoms with Crippen LogP contribution in [0.2, 0.25) is 0 Å². The minimum atomic E-state index is -0.208. The Morgan fingerprint density at radius 3 is 2.32 bits per heavy atom. The minimum absolute atomic E-state index is 0.0411. The number of hydrogen-bond donors (Lipinski definition) is 3. The number of carbonyl (C=O) groups is 1. The van der Waals surface area contributed by atoms with E-state index in [1.54, 1.807) is 14.0 Å². The molecule has 1 unspecified atom stereocenters. The lowest BCUT2D eigenvalue weighted by atomic mass is 10.1. The summed E-state index contributed by atoms with van der Waals surface area (Å²) in [5.41, 5.74) is 4.21. The van der Waals surface area contributed by atoms with Crippen LogP contribution >= 0.6 is 0 Å². The molecule has 0 heterocycles. The zero-order valence-corrected chi connectivity index (χ0v) is 15.9. The summed E-state index contributed by atoms with van der Waals surface area (Å²) >= 11 is 0. The molecule has 0 spiro atoms. The first-order chi connectivity index (χ1) is 11.8. The van der Waals surface area contributed by atoms with E-state index in [1.165, 1.54) is 11.1 Å². The minimum Gasteiger partial charge on any atom is -0.358 e. The number of benzene rings is 1. The maximum absolute atomic E-state index is 11.7. The molecular weight excluding hydrogens is 310 g/mol. The van der Waals surface area contributed by atoms with Gasteiger partial charge in [0.05, 0.1) is 12.6 Å². The molecule has 0 aliphatic heterocycles. The van der Waals surface area contributed by atoms with Gasteiger partial charge in [0.2, 0.25) is 5.91 Å². The summed E-state index contributed by atoms with van der Waals surface area (Å²) in [7, 11) is 1.76. The smallest absolute Gasteiger partial charge is 0.237 e. The zero-order valence-electron chi connectivity index (χ0n) is 15.9. The summed E-state index contributed by atoms with van der Waals surface area (Å²) in [6.07, 6.45) is 6.61. The molecule has 1 aromatic rings. The highest BCUT2D eigenvalue weighted by molar-refractivity contribution is 5.81. The lowest BCUT2D eigenvalue weighted by molar-refractivity contribution is -0.122. The maximum Gasteiger partial charge on any atom is 0.237 e. The van der Waals surface area contributed by atoms with Gasteiger partial charge >= 0.3 is 0 Å². The van der Waals surface area contributed by atoms with Crippen LogP contribution in [-0.2, 0) is 11.2 Å². The van der Waals surface area contributed by atoms with Crippen molar-refractivity contribution in [2.45, 2.75) is 39.7 Å². The molecule has 1 aromatic carbocycles. The van der Waals surface area contributed by atoms with Crippen molar-refractivity contribution in [3.05, 3.63) is 54.3 Å². The second kappa shape index (κ2) is 12.9. The summed E-state index contributed by atoms with van der Waals surface area (Å²) in [6.45, 7) is 13.8. The van der Waals surface area contributed by atoms with Crippen LogP contribution in [-0.4, -0.2) is 25.5 Å². The van der Waals surface area contributed by atoms with Gasteiger partial charge in [-0.25, -0.2) is 0 Å². The average Bonchev–Trinajstić information content (AvgIpc) is 2.59. The van der Waals surface area contributed by atoms with Crippen molar-refractivity contribution in [2.75, 3.05) is 18.9 Å². The van der Waals surface area contributed by atoms with E-state index in [0.29, 0.717) is 6.54 Å². The number of terminal acetylenes is 1. The molecule has 1 amide bonds. The molecule has 25 heavy (non-hydrogen) atoms. The SMILES string of the molecule is C#CC.C=C(C)CCc1ccc(NC(=C)CNC(=O)C(C)NC)cc1. The van der Waals surface area contributed by atoms with Gasteiger partial charge in [-0.15, -0.1) is 18.9 Å². The molecule has 136 valence electrons. The average molecular weight is 341 g/mol. The van der Waals surface area contributed by atoms with Crippen molar-refractivity contribution >= 4 is 11.6 Å². The van der Waals surface area contributed by atoms with Gasteiger partial charge in [-0.3, -0.25) is 4.79 Å². The van der Waals surface area contributed by atoms with E-state index >= 15 is 0 Å². The summed E-state index contributed by atoms with van der Waals surface area (Å²) in [4.78, 5) is 11.7. The molecule has 0 bridgehead atoms. The number of rotatable bonds is 9. The number of likely N-dealkylation sites (N-methyl/N-ethyl adjacent to an activating group) is 1. The number of aryl methyl sites for hydroxylation is 1. The van der Waals surface area contributed by atoms with E-state index in [1.807, 2.05) is 26.0 Å². The Balaban J connectivity index is 0.00000178. The largest absolute Gasteiger partial charge is 0.358 e. The number of amides is 1. The van der Waals surface area contributed by atoms with Crippen molar-refractivity contribution in [3.8, 4) is 12.3 Å². The molecule has 0 radical (unpaired) electrons. The Kier molecular flexibility index (Phi) is 11.6. The van der Waals surface area contributed by atoms with Gasteiger partial charge in [0.1, 0.15) is 0 Å². The maximum atomic E-state index is 11.7. The first kappa shape index (κ1) is 22.5. The highest BCUT2D eigenvalue weighted by Gasteiger charge is 2.09. The van der Waals surface area contributed by atoms with Crippen LogP contribution < -0.4 is 16.0 Å². The fraction of sp³-hybridized carbons (Fsp3) is 0.381. The molecule has 4 nitrogen and oxygen atoms in total. The number of carbonyl (C=O) groups excluding carboxylic acids is 1. The van der Waals surface area contributed by atoms with Crippen LogP contribution in [0.1, 0.15) is 32.8 Å². The summed E-state index contributed by atoms with van der Waals surface area (Å²) in [5.74, 6) is 2.21. The van der Waals surface area contributed by atoms with Gasteiger partial charge in [0.25, 0.3) is 0 Å². The molecule has 3 N–H and O–H groups in total. The number of allylic oxidation sites excluding steroid dienone is 1. The molecule has 0 aliphatic carbocycles. The van der Waals surface area contributed by atoms with Gasteiger partial charge in [-0.05, 0) is 58.4 Å². The van der Waals surface area contributed by atoms with Crippen molar-refractivity contribution < 1.29 is 4.79 Å². The van der Waals surface area contributed by atoms with Gasteiger partial charge in [-0.1, -0.05) is 24.3 Å². The van der Waals surface area contributed by atoms with Gasteiger partial charge in [-0.2, -0.15) is 0 Å². The predicted molar refractivity (Wildman–Crippen MR) is 108 cm³/mol. The quantitative estimate of drug-likeness (QED) is 0.476. The standard InChI is InChI=1S/C18H27N3O.C3H4/c1-13(2)6-7-16-8-10-17(11-9-16)21-14(3)12-20-18(22)15(4)19-5;1-3-2/h8-11,15,19,21H,1,3,6-7,12H2,2,4-5H3,(H,20,22);1H,2H3. The van der Waals surface area contributed by atoms with Gasteiger partial charge < -0.3 is 16.0 Å². The first-order valence-corrected chi connectivity index (χ1v) is 8.34. The van der Waals surface area contributed by atoms with Crippen molar-refractivity contribution in [1.29, 1.82) is 0 Å². The van der Waals surface area contributed by atoms with E-state index in [4.69, 9.17) is 0 Å². The Hall–Kier alpha value is -2.51. The molecule has 1 atom stereocenters. The van der Waals surface area contributed by atoms with Crippen molar-refractivity contribution in [2.24, 2.45) is 0 Å². The number of nitrogens with one attached hydrogen (secondary N) is 3. The fourth-order valence-corrected chi connectivity index (χ4v) is 1.84. The Labute approximate surface area is 152 Å². The van der Waals surface area contributed by atoms with Crippen molar-refractivity contribution in [1.82, 2.24) is 10.6 Å². The van der Waals surface area contributed by atoms with Crippen LogP contribution in [0.5, 0.6) is 0 Å². The molecular formula is C21H31N3O. The molecule has 0 aromatic heterocycles. The molecule has 0 aliphatic rings. The second-order valence-electron chi connectivity index (χ2n) is 5.90. The predicted octanol–water partition coefficient (Wildman–Crippen LogP) is 3.48. The lowest BCUT2D eigenvalue weighted by Gasteiger charge is -2.14. The van der Waals surface area contributed by atoms with Crippen LogP contribution in [0.4, 0.5) is 5.69 Å². The fourth-order valence-electron chi connectivity index (χ4n) is 1.84. The molecule has 0 fully saturated rings. The Morgan fingerprint density at radius 2 is 1.84 bits per heavy atom. The third-order valence-electron chi connectivity index (χ3n) is 3.42. The zero-order chi connectivity index (χ0) is 19.2. The molecule has 0 saturated heterocycles. The molecule has 0 saturated carbocycles. The monoisotopic (exact) mass is 341 g/mol. The van der Waals surface area contributed by atoms with Crippen LogP contribution in [0, 0.1) is 12.3 Å². The lowest BCUT2D eigenvalue weighted by Crippen LogP contribution is -2.41. The van der Waals surface area contributed by atoms with E-state index in [-0.39, 0.29) is 11.9 Å². The highest BCUT2D eigenvalue weighted by atomic mass is 16.2. The summed E-state index contributed by atoms with van der Waals surface area (Å²) in [6, 6.07) is 8.04. The molecule has 1 rings (SSSR count). The third kappa shape index (κ3) is 10.8.